The van der Waals surface area contributed by atoms with Gasteiger partial charge in [-0.25, -0.2) is 4.79 Å². The third kappa shape index (κ3) is 4.82. The largest absolute Gasteiger partial charge is 0.444 e. The van der Waals surface area contributed by atoms with Gasteiger partial charge in [-0.05, 0) is 53.0 Å². The fourth-order valence-corrected chi connectivity index (χ4v) is 2.11. The van der Waals surface area contributed by atoms with Crippen LogP contribution in [0.25, 0.3) is 0 Å². The molecule has 0 unspecified atom stereocenters. The van der Waals surface area contributed by atoms with E-state index in [2.05, 4.69) is 0 Å². The number of hydrogen-bond donors (Lipinski definition) is 2. The number of carbonyl (C=O) groups is 1. The van der Waals surface area contributed by atoms with E-state index in [9.17, 15) is 9.90 Å². The number of nitrogens with zero attached hydrogens (tertiary/aromatic N) is 1. The Hall–Kier alpha value is -0.810. The molecule has 0 atom stereocenters. The molecule has 0 aromatic rings. The fourth-order valence-electron chi connectivity index (χ4n) is 2.11. The monoisotopic (exact) mass is 258 g/mol. The van der Waals surface area contributed by atoms with Gasteiger partial charge in [-0.1, -0.05) is 0 Å². The number of carbonyl (C=O) groups excluding carboxylic acids is 1. The first-order valence-electron chi connectivity index (χ1n) is 6.66. The fraction of sp³-hybridized carbons (Fsp3) is 0.923. The minimum atomic E-state index is -0.655. The number of rotatable bonds is 3. The molecule has 0 spiro atoms. The number of aliphatic hydroxyl groups is 1. The SMILES string of the molecule is CC(C)(C)OC(=O)N1CCC(O)(CCCN)CC1. The van der Waals surface area contributed by atoms with Gasteiger partial charge in [0.25, 0.3) is 0 Å². The molecule has 106 valence electrons. The van der Waals surface area contributed by atoms with E-state index in [0.717, 1.165) is 6.42 Å². The highest BCUT2D eigenvalue weighted by atomic mass is 16.6. The van der Waals surface area contributed by atoms with Crippen molar-refractivity contribution in [3.8, 4) is 0 Å². The number of nitrogens with two attached hydrogens (primary N) is 1. The van der Waals surface area contributed by atoms with Crippen molar-refractivity contribution in [3.05, 3.63) is 0 Å². The Morgan fingerprint density at radius 2 is 1.94 bits per heavy atom. The summed E-state index contributed by atoms with van der Waals surface area (Å²) in [5.74, 6) is 0. The molecule has 0 aromatic heterocycles. The maximum absolute atomic E-state index is 11.8. The molecule has 1 heterocycles. The van der Waals surface area contributed by atoms with Gasteiger partial charge in [-0.3, -0.25) is 0 Å². The number of hydrogen-bond acceptors (Lipinski definition) is 4. The molecule has 0 bridgehead atoms. The molecule has 0 aliphatic carbocycles. The van der Waals surface area contributed by atoms with Crippen LogP contribution in [-0.2, 0) is 4.74 Å². The van der Waals surface area contributed by atoms with E-state index < -0.39 is 11.2 Å². The second kappa shape index (κ2) is 5.89. The van der Waals surface area contributed by atoms with Crippen molar-refractivity contribution < 1.29 is 14.6 Å². The third-order valence-corrected chi connectivity index (χ3v) is 3.19. The van der Waals surface area contributed by atoms with Crippen molar-refractivity contribution in [1.82, 2.24) is 4.90 Å². The molecule has 1 fully saturated rings. The molecule has 0 aromatic carbocycles. The van der Waals surface area contributed by atoms with Crippen molar-refractivity contribution in [2.45, 2.75) is 57.7 Å². The average molecular weight is 258 g/mol. The zero-order valence-corrected chi connectivity index (χ0v) is 11.7. The maximum atomic E-state index is 11.8. The first-order valence-corrected chi connectivity index (χ1v) is 6.66. The van der Waals surface area contributed by atoms with Crippen LogP contribution in [-0.4, -0.2) is 46.9 Å². The van der Waals surface area contributed by atoms with Crippen LogP contribution in [0.15, 0.2) is 0 Å². The lowest BCUT2D eigenvalue weighted by Crippen LogP contribution is -2.48. The highest BCUT2D eigenvalue weighted by Gasteiger charge is 2.34. The smallest absolute Gasteiger partial charge is 0.410 e. The molecular weight excluding hydrogens is 232 g/mol. The minimum absolute atomic E-state index is 0.289. The molecule has 18 heavy (non-hydrogen) atoms. The molecule has 0 saturated carbocycles. The predicted octanol–water partition coefficient (Wildman–Crippen LogP) is 1.49. The molecule has 3 N–H and O–H groups in total. The summed E-state index contributed by atoms with van der Waals surface area (Å²) in [4.78, 5) is 13.5. The molecule has 1 amide bonds. The molecule has 5 heteroatoms. The van der Waals surface area contributed by atoms with Crippen molar-refractivity contribution in [3.63, 3.8) is 0 Å². The van der Waals surface area contributed by atoms with Crippen LogP contribution in [0.5, 0.6) is 0 Å². The van der Waals surface area contributed by atoms with E-state index in [-0.39, 0.29) is 6.09 Å². The second-order valence-corrected chi connectivity index (χ2v) is 6.08. The van der Waals surface area contributed by atoms with E-state index in [1.165, 1.54) is 0 Å². The molecule has 0 radical (unpaired) electrons. The van der Waals surface area contributed by atoms with Crippen LogP contribution in [0.3, 0.4) is 0 Å². The standard InChI is InChI=1S/C13H26N2O3/c1-12(2,3)18-11(16)15-9-6-13(17,7-10-15)5-4-8-14/h17H,4-10,14H2,1-3H3. The van der Waals surface area contributed by atoms with E-state index >= 15 is 0 Å². The van der Waals surface area contributed by atoms with Crippen LogP contribution in [0.4, 0.5) is 4.79 Å². The van der Waals surface area contributed by atoms with E-state index in [0.29, 0.717) is 38.9 Å². The number of likely N-dealkylation sites (tertiary alicyclic amines) is 1. The van der Waals surface area contributed by atoms with Gasteiger partial charge >= 0.3 is 6.09 Å². The van der Waals surface area contributed by atoms with Gasteiger partial charge in [0, 0.05) is 13.1 Å². The molecule has 5 nitrogen and oxygen atoms in total. The van der Waals surface area contributed by atoms with Crippen molar-refractivity contribution in [2.75, 3.05) is 19.6 Å². The topological polar surface area (TPSA) is 75.8 Å². The van der Waals surface area contributed by atoms with Gasteiger partial charge in [-0.2, -0.15) is 0 Å². The summed E-state index contributed by atoms with van der Waals surface area (Å²) in [7, 11) is 0. The van der Waals surface area contributed by atoms with Gasteiger partial charge in [0.1, 0.15) is 5.60 Å². The Morgan fingerprint density at radius 3 is 2.39 bits per heavy atom. The van der Waals surface area contributed by atoms with Gasteiger partial charge in [0.05, 0.1) is 5.60 Å². The Labute approximate surface area is 109 Å². The molecule has 1 saturated heterocycles. The zero-order valence-electron chi connectivity index (χ0n) is 11.7. The van der Waals surface area contributed by atoms with Crippen molar-refractivity contribution in [1.29, 1.82) is 0 Å². The molecule has 1 aliphatic heterocycles. The number of amides is 1. The van der Waals surface area contributed by atoms with Crippen LogP contribution in [0, 0.1) is 0 Å². The summed E-state index contributed by atoms with van der Waals surface area (Å²) in [5, 5.41) is 10.3. The van der Waals surface area contributed by atoms with Crippen molar-refractivity contribution in [2.24, 2.45) is 5.73 Å². The van der Waals surface area contributed by atoms with Crippen LogP contribution in [0.1, 0.15) is 46.5 Å². The normalized spacial score (nSPS) is 19.7. The van der Waals surface area contributed by atoms with E-state index in [4.69, 9.17) is 10.5 Å². The maximum Gasteiger partial charge on any atom is 0.410 e. The average Bonchev–Trinajstić information content (AvgIpc) is 2.25. The van der Waals surface area contributed by atoms with Crippen LogP contribution >= 0.6 is 0 Å². The van der Waals surface area contributed by atoms with E-state index in [1.54, 1.807) is 4.90 Å². The predicted molar refractivity (Wildman–Crippen MR) is 70.3 cm³/mol. The summed E-state index contributed by atoms with van der Waals surface area (Å²) in [6.07, 6.45) is 2.45. The summed E-state index contributed by atoms with van der Waals surface area (Å²) >= 11 is 0. The number of ether oxygens (including phenoxy) is 1. The van der Waals surface area contributed by atoms with Gasteiger partial charge in [0.2, 0.25) is 0 Å². The Balaban J connectivity index is 2.41. The summed E-state index contributed by atoms with van der Waals surface area (Å²) < 4.78 is 5.31. The Bertz CT molecular complexity index is 278. The Morgan fingerprint density at radius 1 is 1.39 bits per heavy atom. The number of piperidine rings is 1. The Kier molecular flexibility index (Phi) is 4.99. The summed E-state index contributed by atoms with van der Waals surface area (Å²) in [6, 6.07) is 0. The first kappa shape index (κ1) is 15.2. The van der Waals surface area contributed by atoms with Crippen LogP contribution < -0.4 is 5.73 Å². The summed E-state index contributed by atoms with van der Waals surface area (Å²) in [5.41, 5.74) is 4.33. The third-order valence-electron chi connectivity index (χ3n) is 3.19. The summed E-state index contributed by atoms with van der Waals surface area (Å²) in [6.45, 7) is 7.26. The van der Waals surface area contributed by atoms with Gasteiger partial charge < -0.3 is 20.5 Å². The van der Waals surface area contributed by atoms with E-state index in [1.807, 2.05) is 20.8 Å². The minimum Gasteiger partial charge on any atom is -0.444 e. The lowest BCUT2D eigenvalue weighted by Gasteiger charge is -2.38. The lowest BCUT2D eigenvalue weighted by atomic mass is 9.87. The molecular formula is C13H26N2O3. The lowest BCUT2D eigenvalue weighted by molar-refractivity contribution is -0.0371. The quantitative estimate of drug-likeness (QED) is 0.804. The highest BCUT2D eigenvalue weighted by molar-refractivity contribution is 5.68. The first-order chi connectivity index (χ1) is 8.26. The zero-order chi connectivity index (χ0) is 13.8. The van der Waals surface area contributed by atoms with Gasteiger partial charge in [-0.15, -0.1) is 0 Å². The van der Waals surface area contributed by atoms with Crippen molar-refractivity contribution >= 4 is 6.09 Å². The molecule has 1 rings (SSSR count). The second-order valence-electron chi connectivity index (χ2n) is 6.08. The highest BCUT2D eigenvalue weighted by Crippen LogP contribution is 2.27. The molecule has 1 aliphatic rings. The van der Waals surface area contributed by atoms with Crippen LogP contribution in [0.2, 0.25) is 0 Å². The van der Waals surface area contributed by atoms with Gasteiger partial charge in [0.15, 0.2) is 0 Å².